The molecule has 0 spiro atoms. The molecular formula is C30H40N2O3. The second kappa shape index (κ2) is 11.5. The van der Waals surface area contributed by atoms with Crippen molar-refractivity contribution in [2.24, 2.45) is 16.8 Å². The number of benzene rings is 1. The van der Waals surface area contributed by atoms with Gasteiger partial charge in [0.1, 0.15) is 5.58 Å². The lowest BCUT2D eigenvalue weighted by atomic mass is 9.98. The summed E-state index contributed by atoms with van der Waals surface area (Å²) >= 11 is 0. The molecule has 0 radical (unpaired) electrons. The van der Waals surface area contributed by atoms with Gasteiger partial charge in [-0.3, -0.25) is 14.6 Å². The fourth-order valence-corrected chi connectivity index (χ4v) is 4.18. The number of nitrogens with zero attached hydrogens (tertiary/aromatic N) is 2. The summed E-state index contributed by atoms with van der Waals surface area (Å²) in [7, 11) is 1.75. The highest BCUT2D eigenvalue weighted by molar-refractivity contribution is 6.10. The lowest BCUT2D eigenvalue weighted by molar-refractivity contribution is 0.0966. The molecule has 1 aromatic carbocycles. The van der Waals surface area contributed by atoms with E-state index in [0.29, 0.717) is 5.56 Å². The summed E-state index contributed by atoms with van der Waals surface area (Å²) in [5.41, 5.74) is 4.85. The van der Waals surface area contributed by atoms with E-state index in [-0.39, 0.29) is 18.6 Å². The maximum Gasteiger partial charge on any atom is 0.193 e. The van der Waals surface area contributed by atoms with Gasteiger partial charge in [0.25, 0.3) is 0 Å². The minimum absolute atomic E-state index is 0. The van der Waals surface area contributed by atoms with Crippen LogP contribution in [-0.2, 0) is 13.0 Å². The monoisotopic (exact) mass is 476 g/mol. The molecule has 0 unspecified atom stereocenters. The Bertz CT molecular complexity index is 1320. The van der Waals surface area contributed by atoms with Gasteiger partial charge in [0.05, 0.1) is 11.3 Å². The van der Waals surface area contributed by atoms with Crippen molar-refractivity contribution in [2.45, 2.75) is 67.3 Å². The van der Waals surface area contributed by atoms with Crippen LogP contribution in [0.5, 0.6) is 0 Å². The van der Waals surface area contributed by atoms with Gasteiger partial charge >= 0.3 is 0 Å². The van der Waals surface area contributed by atoms with Crippen LogP contribution in [0, 0.1) is 11.8 Å². The van der Waals surface area contributed by atoms with Crippen molar-refractivity contribution in [3.8, 4) is 11.5 Å². The number of fused-ring (bicyclic) bond motifs is 5. The Morgan fingerprint density at radius 1 is 1.20 bits per heavy atom. The predicted molar refractivity (Wildman–Crippen MR) is 149 cm³/mol. The number of allylic oxidation sites excluding steroid dienone is 2. The molecule has 5 rings (SSSR count). The molecule has 1 fully saturated rings. The van der Waals surface area contributed by atoms with Gasteiger partial charge in [-0.2, -0.15) is 0 Å². The standard InChI is InChI=1S/C24H22N2O3.C4H10.C2H6.H2/c1-3-14(12-25-2)16-6-7-17-18-8-9-26-13-19(23(28)15-4-5-15)21(27)11-20(26)24(18)29-22(17)10-16;1-4(2)3;1-2;/h3,6-7,10-13,15H,4-5,8-9H2,1-2H3;4H,1-3H3;1-2H3;1H/b14-3+,25-12?;;;. The van der Waals surface area contributed by atoms with Crippen molar-refractivity contribution in [1.82, 2.24) is 4.57 Å². The molecule has 0 saturated heterocycles. The Balaban J connectivity index is 0.000000597. The van der Waals surface area contributed by atoms with E-state index in [1.165, 1.54) is 0 Å². The van der Waals surface area contributed by atoms with Crippen LogP contribution in [0.25, 0.3) is 28.0 Å². The Hall–Kier alpha value is -3.21. The van der Waals surface area contributed by atoms with Gasteiger partial charge in [0, 0.05) is 50.4 Å². The number of Topliss-reactive ketones (excluding diaryl/α,β-unsaturated/α-hetero) is 1. The molecule has 3 aromatic rings. The Labute approximate surface area is 210 Å². The summed E-state index contributed by atoms with van der Waals surface area (Å²) in [6.07, 6.45) is 8.18. The summed E-state index contributed by atoms with van der Waals surface area (Å²) in [6.45, 7) is 13.2. The molecule has 35 heavy (non-hydrogen) atoms. The fraction of sp³-hybridized carbons (Fsp3) is 0.433. The van der Waals surface area contributed by atoms with Gasteiger partial charge in [0.15, 0.2) is 17.0 Å². The summed E-state index contributed by atoms with van der Waals surface area (Å²) in [4.78, 5) is 29.2. The van der Waals surface area contributed by atoms with Crippen LogP contribution in [0.4, 0.5) is 0 Å². The topological polar surface area (TPSA) is 64.6 Å². The maximum absolute atomic E-state index is 12.6. The first-order chi connectivity index (χ1) is 16.8. The van der Waals surface area contributed by atoms with Crippen LogP contribution in [0.15, 0.2) is 50.7 Å². The molecule has 0 N–H and O–H groups in total. The summed E-state index contributed by atoms with van der Waals surface area (Å²) in [5, 5.41) is 1.07. The van der Waals surface area contributed by atoms with Gasteiger partial charge in [-0.05, 0) is 49.3 Å². The molecule has 5 nitrogen and oxygen atoms in total. The number of aryl methyl sites for hydroxylation is 2. The average Bonchev–Trinajstić information content (AvgIpc) is 3.63. The van der Waals surface area contributed by atoms with E-state index in [9.17, 15) is 9.59 Å². The molecule has 2 aromatic heterocycles. The van der Waals surface area contributed by atoms with Crippen LogP contribution < -0.4 is 5.43 Å². The number of carbonyl (C=O) groups is 1. The van der Waals surface area contributed by atoms with Gasteiger partial charge < -0.3 is 8.98 Å². The van der Waals surface area contributed by atoms with E-state index in [4.69, 9.17) is 4.42 Å². The Kier molecular flexibility index (Phi) is 8.66. The van der Waals surface area contributed by atoms with E-state index >= 15 is 0 Å². The third-order valence-electron chi connectivity index (χ3n) is 5.88. The SMILES string of the molecule is C/C=C(\C=NC)c1ccc2c3c(oc2c1)-c1cc(=O)c(C(=O)C2CC2)cn1CC3.CC.CC(C)C.[HH]. The van der Waals surface area contributed by atoms with Crippen LogP contribution >= 0.6 is 0 Å². The molecule has 5 heteroatoms. The number of aliphatic imine (C=N–C) groups is 1. The number of carbonyl (C=O) groups excluding carboxylic acids is 1. The first kappa shape index (κ1) is 26.4. The highest BCUT2D eigenvalue weighted by atomic mass is 16.3. The van der Waals surface area contributed by atoms with Gasteiger partial charge in [0.2, 0.25) is 0 Å². The van der Waals surface area contributed by atoms with Crippen molar-refractivity contribution in [3.63, 3.8) is 0 Å². The third kappa shape index (κ3) is 5.72. The molecule has 3 heterocycles. The number of aromatic nitrogens is 1. The van der Waals surface area contributed by atoms with Crippen molar-refractivity contribution >= 4 is 28.5 Å². The minimum atomic E-state index is -0.211. The van der Waals surface area contributed by atoms with E-state index in [1.807, 2.05) is 43.7 Å². The van der Waals surface area contributed by atoms with Gasteiger partial charge in [-0.15, -0.1) is 0 Å². The largest absolute Gasteiger partial charge is 0.454 e. The summed E-state index contributed by atoms with van der Waals surface area (Å²) < 4.78 is 8.22. The molecule has 0 atom stereocenters. The number of hydrogen-bond donors (Lipinski definition) is 0. The molecular weight excluding hydrogens is 436 g/mol. The lowest BCUT2D eigenvalue weighted by Gasteiger charge is -2.19. The minimum Gasteiger partial charge on any atom is -0.454 e. The number of furan rings is 1. The van der Waals surface area contributed by atoms with E-state index in [0.717, 1.165) is 70.8 Å². The average molecular weight is 477 g/mol. The number of hydrogen-bond acceptors (Lipinski definition) is 4. The number of rotatable bonds is 4. The predicted octanol–water partition coefficient (Wildman–Crippen LogP) is 7.45. The summed E-state index contributed by atoms with van der Waals surface area (Å²) in [6, 6.07) is 7.75. The van der Waals surface area contributed by atoms with E-state index in [2.05, 4.69) is 37.9 Å². The normalized spacial score (nSPS) is 14.7. The number of ketones is 1. The van der Waals surface area contributed by atoms with Crippen molar-refractivity contribution in [1.29, 1.82) is 0 Å². The van der Waals surface area contributed by atoms with E-state index < -0.39 is 0 Å². The fourth-order valence-electron chi connectivity index (χ4n) is 4.18. The molecule has 2 aliphatic rings. The second-order valence-electron chi connectivity index (χ2n) is 9.50. The van der Waals surface area contributed by atoms with Crippen molar-refractivity contribution < 1.29 is 10.6 Å². The van der Waals surface area contributed by atoms with Crippen LogP contribution in [-0.4, -0.2) is 23.6 Å². The zero-order valence-electron chi connectivity index (χ0n) is 22.1. The van der Waals surface area contributed by atoms with Crippen LogP contribution in [0.3, 0.4) is 0 Å². The van der Waals surface area contributed by atoms with Crippen LogP contribution in [0.2, 0.25) is 0 Å². The zero-order chi connectivity index (χ0) is 25.7. The second-order valence-corrected chi connectivity index (χ2v) is 9.50. The quantitative estimate of drug-likeness (QED) is 0.290. The highest BCUT2D eigenvalue weighted by Crippen LogP contribution is 2.38. The Morgan fingerprint density at radius 3 is 2.49 bits per heavy atom. The molecule has 1 aliphatic carbocycles. The zero-order valence-corrected chi connectivity index (χ0v) is 22.1. The molecule has 188 valence electrons. The van der Waals surface area contributed by atoms with Crippen molar-refractivity contribution in [2.75, 3.05) is 7.05 Å². The van der Waals surface area contributed by atoms with Crippen LogP contribution in [0.1, 0.15) is 77.3 Å². The third-order valence-corrected chi connectivity index (χ3v) is 5.88. The van der Waals surface area contributed by atoms with Gasteiger partial charge in [-0.1, -0.05) is 52.8 Å². The lowest BCUT2D eigenvalue weighted by Crippen LogP contribution is -2.22. The molecule has 1 aliphatic heterocycles. The summed E-state index contributed by atoms with van der Waals surface area (Å²) in [5.74, 6) is 1.59. The van der Waals surface area contributed by atoms with Crippen molar-refractivity contribution in [3.05, 3.63) is 63.5 Å². The first-order valence-corrected chi connectivity index (χ1v) is 12.8. The first-order valence-electron chi connectivity index (χ1n) is 12.8. The highest BCUT2D eigenvalue weighted by Gasteiger charge is 2.33. The molecule has 1 saturated carbocycles. The molecule has 0 bridgehead atoms. The van der Waals surface area contributed by atoms with Gasteiger partial charge in [-0.25, -0.2) is 0 Å². The Morgan fingerprint density at radius 2 is 1.89 bits per heavy atom. The smallest absolute Gasteiger partial charge is 0.193 e. The maximum atomic E-state index is 12.6. The van der Waals surface area contributed by atoms with E-state index in [1.54, 1.807) is 19.3 Å². The number of pyridine rings is 1. The molecule has 0 amide bonds.